The van der Waals surface area contributed by atoms with Crippen molar-refractivity contribution in [1.29, 1.82) is 0 Å². The third-order valence-corrected chi connectivity index (χ3v) is 5.17. The van der Waals surface area contributed by atoms with Crippen molar-refractivity contribution in [1.82, 2.24) is 10.1 Å². The average Bonchev–Trinajstić information content (AvgIpc) is 3.29. The van der Waals surface area contributed by atoms with Crippen LogP contribution >= 0.6 is 11.3 Å². The Labute approximate surface area is 159 Å². The van der Waals surface area contributed by atoms with Gasteiger partial charge in [-0.3, -0.25) is 20.2 Å². The summed E-state index contributed by atoms with van der Waals surface area (Å²) in [6, 6.07) is 8.91. The number of benzene rings is 1. The molecule has 0 saturated carbocycles. The number of fused-ring (bicyclic) bond motifs is 1. The number of rotatable bonds is 5. The molecule has 0 radical (unpaired) electrons. The van der Waals surface area contributed by atoms with Crippen molar-refractivity contribution in [2.24, 2.45) is 0 Å². The largest absolute Gasteiger partial charge is 0.338 e. The molecule has 0 unspecified atom stereocenters. The first-order chi connectivity index (χ1) is 13.2. The second kappa shape index (κ2) is 7.71. The lowest BCUT2D eigenvalue weighted by molar-refractivity contribution is -0.115. The fraction of sp³-hybridized carbons (Fsp3) is 0.263. The van der Waals surface area contributed by atoms with Gasteiger partial charge < -0.3 is 4.52 Å². The van der Waals surface area contributed by atoms with Crippen molar-refractivity contribution in [2.45, 2.75) is 32.1 Å². The van der Waals surface area contributed by atoms with Crippen LogP contribution in [0.4, 0.5) is 11.0 Å². The van der Waals surface area contributed by atoms with Crippen LogP contribution in [0.3, 0.4) is 0 Å². The van der Waals surface area contributed by atoms with E-state index in [1.54, 1.807) is 29.6 Å². The summed E-state index contributed by atoms with van der Waals surface area (Å²) in [5.74, 6) is 0.00234. The van der Waals surface area contributed by atoms with Gasteiger partial charge >= 0.3 is 0 Å². The summed E-state index contributed by atoms with van der Waals surface area (Å²) in [7, 11) is 0. The Hall–Kier alpha value is -3.00. The van der Waals surface area contributed by atoms with Crippen molar-refractivity contribution < 1.29 is 14.1 Å². The predicted octanol–water partition coefficient (Wildman–Crippen LogP) is 3.44. The molecule has 0 spiro atoms. The van der Waals surface area contributed by atoms with E-state index in [-0.39, 0.29) is 18.2 Å². The summed E-state index contributed by atoms with van der Waals surface area (Å²) in [6.45, 7) is 0. The van der Waals surface area contributed by atoms with E-state index in [9.17, 15) is 9.59 Å². The van der Waals surface area contributed by atoms with E-state index in [1.165, 1.54) is 11.3 Å². The smallest absolute Gasteiger partial charge is 0.257 e. The molecule has 0 saturated heterocycles. The minimum atomic E-state index is -0.228. The summed E-state index contributed by atoms with van der Waals surface area (Å²) in [5.41, 5.74) is 3.09. The molecule has 2 amide bonds. The van der Waals surface area contributed by atoms with Gasteiger partial charge in [-0.05, 0) is 37.8 Å². The molecule has 0 bridgehead atoms. The van der Waals surface area contributed by atoms with Gasteiger partial charge in [0, 0.05) is 16.5 Å². The molecule has 0 fully saturated rings. The van der Waals surface area contributed by atoms with Gasteiger partial charge in [0.15, 0.2) is 5.13 Å². The molecule has 1 aromatic carbocycles. The maximum Gasteiger partial charge on any atom is 0.257 e. The highest BCUT2D eigenvalue weighted by molar-refractivity contribution is 7.14. The minimum absolute atomic E-state index is 0.104. The molecule has 1 aliphatic carbocycles. The summed E-state index contributed by atoms with van der Waals surface area (Å²) in [5, 5.41) is 11.8. The monoisotopic (exact) mass is 382 g/mol. The van der Waals surface area contributed by atoms with E-state index in [0.29, 0.717) is 22.3 Å². The van der Waals surface area contributed by atoms with E-state index in [0.717, 1.165) is 36.9 Å². The Morgan fingerprint density at radius 1 is 1.11 bits per heavy atom. The molecule has 3 aromatic rings. The van der Waals surface area contributed by atoms with Gasteiger partial charge in [0.1, 0.15) is 0 Å². The number of anilines is 2. The van der Waals surface area contributed by atoms with Crippen molar-refractivity contribution in [2.75, 3.05) is 10.6 Å². The first kappa shape index (κ1) is 17.4. The van der Waals surface area contributed by atoms with Gasteiger partial charge in [-0.25, -0.2) is 4.98 Å². The first-order valence-corrected chi connectivity index (χ1v) is 9.65. The van der Waals surface area contributed by atoms with Gasteiger partial charge in [-0.1, -0.05) is 23.4 Å². The van der Waals surface area contributed by atoms with Crippen LogP contribution in [0.15, 0.2) is 40.2 Å². The topological polar surface area (TPSA) is 97.1 Å². The molecule has 1 aliphatic rings. The Bertz CT molecular complexity index is 965. The molecule has 8 heteroatoms. The van der Waals surface area contributed by atoms with E-state index in [2.05, 4.69) is 20.8 Å². The lowest BCUT2D eigenvalue weighted by Crippen LogP contribution is -2.16. The average molecular weight is 382 g/mol. The molecule has 0 atom stereocenters. The molecule has 4 rings (SSSR count). The number of thiazole rings is 1. The number of aryl methyl sites for hydroxylation is 1. The van der Waals surface area contributed by atoms with Crippen molar-refractivity contribution in [3.05, 3.63) is 58.2 Å². The summed E-state index contributed by atoms with van der Waals surface area (Å²) in [4.78, 5) is 28.8. The number of amides is 2. The molecule has 27 heavy (non-hydrogen) atoms. The van der Waals surface area contributed by atoms with Crippen LogP contribution in [0.5, 0.6) is 0 Å². The Morgan fingerprint density at radius 3 is 2.78 bits per heavy atom. The Kier molecular flexibility index (Phi) is 4.97. The van der Waals surface area contributed by atoms with Gasteiger partial charge in [-0.2, -0.15) is 0 Å². The van der Waals surface area contributed by atoms with Crippen LogP contribution in [0.1, 0.15) is 40.2 Å². The standard InChI is InChI=1S/C19H18N4O3S/c24-16(21-18-14-8-4-5-9-15(14)23-26-18)10-13-11-27-19(20-13)22-17(25)12-6-2-1-3-7-12/h1-3,6-7,11H,4-5,8-10H2,(H,21,24)(H,20,22,25). The molecular formula is C19H18N4O3S. The number of nitrogens with zero attached hydrogens (tertiary/aromatic N) is 2. The molecule has 7 nitrogen and oxygen atoms in total. The summed E-state index contributed by atoms with van der Waals surface area (Å²) in [6.07, 6.45) is 4.05. The Balaban J connectivity index is 1.36. The quantitative estimate of drug-likeness (QED) is 0.704. The third kappa shape index (κ3) is 4.06. The van der Waals surface area contributed by atoms with Gasteiger partial charge in [0.05, 0.1) is 17.8 Å². The van der Waals surface area contributed by atoms with Gasteiger partial charge in [0.25, 0.3) is 5.91 Å². The van der Waals surface area contributed by atoms with Crippen LogP contribution in [0.25, 0.3) is 0 Å². The van der Waals surface area contributed by atoms with E-state index in [1.807, 2.05) is 6.07 Å². The molecular weight excluding hydrogens is 364 g/mol. The van der Waals surface area contributed by atoms with E-state index in [4.69, 9.17) is 4.52 Å². The predicted molar refractivity (Wildman–Crippen MR) is 102 cm³/mol. The maximum atomic E-state index is 12.3. The number of carbonyl (C=O) groups excluding carboxylic acids is 2. The molecule has 138 valence electrons. The van der Waals surface area contributed by atoms with Crippen LogP contribution in [0, 0.1) is 0 Å². The lowest BCUT2D eigenvalue weighted by atomic mass is 9.98. The highest BCUT2D eigenvalue weighted by atomic mass is 32.1. The second-order valence-electron chi connectivity index (χ2n) is 6.33. The third-order valence-electron chi connectivity index (χ3n) is 4.36. The summed E-state index contributed by atoms with van der Waals surface area (Å²) >= 11 is 1.29. The van der Waals surface area contributed by atoms with Crippen LogP contribution in [0.2, 0.25) is 0 Å². The zero-order valence-corrected chi connectivity index (χ0v) is 15.3. The Morgan fingerprint density at radius 2 is 1.93 bits per heavy atom. The van der Waals surface area contributed by atoms with Crippen LogP contribution in [-0.4, -0.2) is 22.0 Å². The molecule has 2 N–H and O–H groups in total. The van der Waals surface area contributed by atoms with Crippen LogP contribution < -0.4 is 10.6 Å². The maximum absolute atomic E-state index is 12.3. The zero-order chi connectivity index (χ0) is 18.6. The molecule has 0 aliphatic heterocycles. The molecule has 2 heterocycles. The van der Waals surface area contributed by atoms with Gasteiger partial charge in [-0.15, -0.1) is 11.3 Å². The first-order valence-electron chi connectivity index (χ1n) is 8.77. The SMILES string of the molecule is O=C(Cc1csc(NC(=O)c2ccccc2)n1)Nc1onc2c1CCCC2. The summed E-state index contributed by atoms with van der Waals surface area (Å²) < 4.78 is 5.28. The van der Waals surface area contributed by atoms with Crippen molar-refractivity contribution >= 4 is 34.2 Å². The number of nitrogens with one attached hydrogen (secondary N) is 2. The van der Waals surface area contributed by atoms with Crippen LogP contribution in [-0.2, 0) is 24.1 Å². The number of hydrogen-bond donors (Lipinski definition) is 2. The number of hydrogen-bond acceptors (Lipinski definition) is 6. The normalized spacial score (nSPS) is 13.0. The zero-order valence-electron chi connectivity index (χ0n) is 14.5. The fourth-order valence-electron chi connectivity index (χ4n) is 3.03. The highest BCUT2D eigenvalue weighted by Crippen LogP contribution is 2.27. The minimum Gasteiger partial charge on any atom is -0.338 e. The molecule has 2 aromatic heterocycles. The van der Waals surface area contributed by atoms with Crippen molar-refractivity contribution in [3.8, 4) is 0 Å². The lowest BCUT2D eigenvalue weighted by Gasteiger charge is -2.09. The second-order valence-corrected chi connectivity index (χ2v) is 7.19. The van der Waals surface area contributed by atoms with E-state index >= 15 is 0 Å². The number of carbonyl (C=O) groups is 2. The highest BCUT2D eigenvalue weighted by Gasteiger charge is 2.21. The van der Waals surface area contributed by atoms with E-state index < -0.39 is 0 Å². The van der Waals surface area contributed by atoms with Gasteiger partial charge in [0.2, 0.25) is 11.8 Å². The fourth-order valence-corrected chi connectivity index (χ4v) is 3.73. The number of aromatic nitrogens is 2. The van der Waals surface area contributed by atoms with Crippen molar-refractivity contribution in [3.63, 3.8) is 0 Å².